The molecule has 17 heavy (non-hydrogen) atoms. The van der Waals surface area contributed by atoms with Gasteiger partial charge >= 0.3 is 0 Å². The molecular weight excluding hydrogens is 214 g/mol. The molecule has 0 radical (unpaired) electrons. The predicted octanol–water partition coefficient (Wildman–Crippen LogP) is 1.94. The van der Waals surface area contributed by atoms with Gasteiger partial charge in [0.1, 0.15) is 5.78 Å². The topological polar surface area (TPSA) is 37.4 Å². The number of fused-ring (bicyclic) bond motifs is 1. The lowest BCUT2D eigenvalue weighted by atomic mass is 9.99. The van der Waals surface area contributed by atoms with Gasteiger partial charge in [0, 0.05) is 19.5 Å². The zero-order chi connectivity index (χ0) is 12.3. The van der Waals surface area contributed by atoms with Crippen molar-refractivity contribution < 1.29 is 9.59 Å². The van der Waals surface area contributed by atoms with Crippen LogP contribution in [0, 0.1) is 0 Å². The average Bonchev–Trinajstić information content (AvgIpc) is 2.38. The van der Waals surface area contributed by atoms with Gasteiger partial charge in [-0.05, 0) is 17.5 Å². The molecule has 0 unspecified atom stereocenters. The zero-order valence-electron chi connectivity index (χ0n) is 10.1. The summed E-state index contributed by atoms with van der Waals surface area (Å²) < 4.78 is 0. The fourth-order valence-electron chi connectivity index (χ4n) is 2.11. The summed E-state index contributed by atoms with van der Waals surface area (Å²) >= 11 is 0. The monoisotopic (exact) mass is 231 g/mol. The Kier molecular flexibility index (Phi) is 3.57. The predicted molar refractivity (Wildman–Crippen MR) is 65.5 cm³/mol. The van der Waals surface area contributed by atoms with Crippen LogP contribution in [0.15, 0.2) is 24.3 Å². The van der Waals surface area contributed by atoms with Crippen LogP contribution in [0.4, 0.5) is 0 Å². The fourth-order valence-corrected chi connectivity index (χ4v) is 2.11. The van der Waals surface area contributed by atoms with E-state index in [9.17, 15) is 9.59 Å². The minimum Gasteiger partial charge on any atom is -0.338 e. The molecule has 3 heteroatoms. The van der Waals surface area contributed by atoms with E-state index in [-0.39, 0.29) is 18.1 Å². The molecule has 0 bridgehead atoms. The molecule has 1 amide bonds. The molecule has 1 heterocycles. The van der Waals surface area contributed by atoms with Gasteiger partial charge in [0.15, 0.2) is 0 Å². The first-order valence-electron chi connectivity index (χ1n) is 6.07. The molecule has 0 N–H and O–H groups in total. The SMILES string of the molecule is CCC(=O)CC(=O)N1CCc2ccccc2C1. The molecule has 0 saturated heterocycles. The summed E-state index contributed by atoms with van der Waals surface area (Å²) in [7, 11) is 0. The number of hydrogen-bond donors (Lipinski definition) is 0. The van der Waals surface area contributed by atoms with Crippen LogP contribution in [0.3, 0.4) is 0 Å². The van der Waals surface area contributed by atoms with E-state index < -0.39 is 0 Å². The Morgan fingerprint density at radius 3 is 2.65 bits per heavy atom. The summed E-state index contributed by atoms with van der Waals surface area (Å²) in [5.41, 5.74) is 2.52. The van der Waals surface area contributed by atoms with E-state index in [1.54, 1.807) is 11.8 Å². The summed E-state index contributed by atoms with van der Waals surface area (Å²) in [5, 5.41) is 0. The highest BCUT2D eigenvalue weighted by Gasteiger charge is 2.21. The number of Topliss-reactive ketones (excluding diaryl/α,β-unsaturated/α-hetero) is 1. The average molecular weight is 231 g/mol. The van der Waals surface area contributed by atoms with Gasteiger partial charge in [-0.3, -0.25) is 9.59 Å². The van der Waals surface area contributed by atoms with Crippen molar-refractivity contribution in [2.45, 2.75) is 32.7 Å². The van der Waals surface area contributed by atoms with Crippen molar-refractivity contribution in [3.05, 3.63) is 35.4 Å². The molecule has 0 aromatic heterocycles. The van der Waals surface area contributed by atoms with E-state index in [1.165, 1.54) is 11.1 Å². The Hall–Kier alpha value is -1.64. The Bertz CT molecular complexity index is 440. The maximum Gasteiger partial charge on any atom is 0.230 e. The van der Waals surface area contributed by atoms with E-state index in [1.807, 2.05) is 12.1 Å². The molecule has 0 atom stereocenters. The van der Waals surface area contributed by atoms with Crippen molar-refractivity contribution in [2.24, 2.45) is 0 Å². The number of carbonyl (C=O) groups excluding carboxylic acids is 2. The van der Waals surface area contributed by atoms with Gasteiger partial charge in [-0.15, -0.1) is 0 Å². The molecule has 1 aromatic rings. The number of amides is 1. The standard InChI is InChI=1S/C14H17NO2/c1-2-13(16)9-14(17)15-8-7-11-5-3-4-6-12(11)10-15/h3-6H,2,7-10H2,1H3. The van der Waals surface area contributed by atoms with Crippen LogP contribution in [0.2, 0.25) is 0 Å². The number of benzene rings is 1. The highest BCUT2D eigenvalue weighted by molar-refractivity contribution is 5.97. The van der Waals surface area contributed by atoms with Crippen molar-refractivity contribution in [2.75, 3.05) is 6.54 Å². The molecule has 0 saturated carbocycles. The molecule has 0 fully saturated rings. The van der Waals surface area contributed by atoms with E-state index in [2.05, 4.69) is 12.1 Å². The summed E-state index contributed by atoms with van der Waals surface area (Å²) in [5.74, 6) is -0.0137. The first-order chi connectivity index (χ1) is 8.20. The third-order valence-corrected chi connectivity index (χ3v) is 3.23. The Morgan fingerprint density at radius 2 is 1.94 bits per heavy atom. The van der Waals surface area contributed by atoms with Gasteiger partial charge in [-0.25, -0.2) is 0 Å². The van der Waals surface area contributed by atoms with Crippen molar-refractivity contribution in [3.8, 4) is 0 Å². The van der Waals surface area contributed by atoms with Gasteiger partial charge in [-0.1, -0.05) is 31.2 Å². The molecule has 2 rings (SSSR count). The van der Waals surface area contributed by atoms with E-state index in [0.29, 0.717) is 13.0 Å². The quantitative estimate of drug-likeness (QED) is 0.745. The van der Waals surface area contributed by atoms with Gasteiger partial charge < -0.3 is 4.90 Å². The van der Waals surface area contributed by atoms with Gasteiger partial charge in [0.05, 0.1) is 6.42 Å². The highest BCUT2D eigenvalue weighted by Crippen LogP contribution is 2.19. The third kappa shape index (κ3) is 2.73. The van der Waals surface area contributed by atoms with Crippen LogP contribution in [0.5, 0.6) is 0 Å². The molecule has 90 valence electrons. The van der Waals surface area contributed by atoms with Crippen LogP contribution < -0.4 is 0 Å². The first kappa shape index (κ1) is 11.8. The van der Waals surface area contributed by atoms with E-state index in [0.717, 1.165) is 13.0 Å². The lowest BCUT2D eigenvalue weighted by Gasteiger charge is -2.28. The number of ketones is 1. The van der Waals surface area contributed by atoms with Gasteiger partial charge in [0.2, 0.25) is 5.91 Å². The molecule has 0 aliphatic carbocycles. The maximum atomic E-state index is 11.9. The summed E-state index contributed by atoms with van der Waals surface area (Å²) in [6.45, 7) is 3.17. The number of rotatable bonds is 3. The third-order valence-electron chi connectivity index (χ3n) is 3.23. The molecule has 1 aliphatic heterocycles. The van der Waals surface area contributed by atoms with Gasteiger partial charge in [0.25, 0.3) is 0 Å². The molecule has 1 aromatic carbocycles. The van der Waals surface area contributed by atoms with E-state index in [4.69, 9.17) is 0 Å². The lowest BCUT2D eigenvalue weighted by molar-refractivity contribution is -0.136. The minimum absolute atomic E-state index is 0.0221. The van der Waals surface area contributed by atoms with Crippen LogP contribution in [0.1, 0.15) is 30.9 Å². The van der Waals surface area contributed by atoms with E-state index >= 15 is 0 Å². The van der Waals surface area contributed by atoms with Crippen LogP contribution >= 0.6 is 0 Å². The van der Waals surface area contributed by atoms with Crippen molar-refractivity contribution in [1.29, 1.82) is 0 Å². The van der Waals surface area contributed by atoms with Crippen molar-refractivity contribution >= 4 is 11.7 Å². The zero-order valence-corrected chi connectivity index (χ0v) is 10.1. The van der Waals surface area contributed by atoms with Crippen molar-refractivity contribution in [1.82, 2.24) is 4.90 Å². The Labute approximate surface area is 101 Å². The number of nitrogens with zero attached hydrogens (tertiary/aromatic N) is 1. The van der Waals surface area contributed by atoms with Crippen LogP contribution in [-0.4, -0.2) is 23.1 Å². The first-order valence-corrected chi connectivity index (χ1v) is 6.07. The van der Waals surface area contributed by atoms with Crippen molar-refractivity contribution in [3.63, 3.8) is 0 Å². The van der Waals surface area contributed by atoms with Gasteiger partial charge in [-0.2, -0.15) is 0 Å². The fraction of sp³-hybridized carbons (Fsp3) is 0.429. The second-order valence-electron chi connectivity index (χ2n) is 4.40. The maximum absolute atomic E-state index is 11.9. The molecular formula is C14H17NO2. The molecule has 1 aliphatic rings. The Balaban J connectivity index is 2.02. The minimum atomic E-state index is -0.0358. The summed E-state index contributed by atoms with van der Waals surface area (Å²) in [6, 6.07) is 8.17. The van der Waals surface area contributed by atoms with Crippen LogP contribution in [-0.2, 0) is 22.6 Å². The number of carbonyl (C=O) groups is 2. The van der Waals surface area contributed by atoms with Crippen LogP contribution in [0.25, 0.3) is 0 Å². The second kappa shape index (κ2) is 5.13. The normalized spacial score (nSPS) is 14.3. The lowest BCUT2D eigenvalue weighted by Crippen LogP contribution is -2.36. The number of hydrogen-bond acceptors (Lipinski definition) is 2. The summed E-state index contributed by atoms with van der Waals surface area (Å²) in [6.07, 6.45) is 1.39. The Morgan fingerprint density at radius 1 is 1.24 bits per heavy atom. The molecule has 3 nitrogen and oxygen atoms in total. The largest absolute Gasteiger partial charge is 0.338 e. The summed E-state index contributed by atoms with van der Waals surface area (Å²) in [4.78, 5) is 24.9. The highest BCUT2D eigenvalue weighted by atomic mass is 16.2. The molecule has 0 spiro atoms. The second-order valence-corrected chi connectivity index (χ2v) is 4.40. The smallest absolute Gasteiger partial charge is 0.230 e.